The first-order valence-electron chi connectivity index (χ1n) is 8.45. The number of rotatable bonds is 6. The lowest BCUT2D eigenvalue weighted by molar-refractivity contribution is 0.0782. The van der Waals surface area contributed by atoms with E-state index in [2.05, 4.69) is 42.8 Å². The Morgan fingerprint density at radius 2 is 2.04 bits per heavy atom. The van der Waals surface area contributed by atoms with Crippen LogP contribution in [0.5, 0.6) is 0 Å². The van der Waals surface area contributed by atoms with Gasteiger partial charge in [-0.3, -0.25) is 9.48 Å². The highest BCUT2D eigenvalue weighted by Gasteiger charge is 2.20. The third-order valence-electron chi connectivity index (χ3n) is 4.22. The Kier molecular flexibility index (Phi) is 5.70. The number of aromatic nitrogens is 4. The Morgan fingerprint density at radius 3 is 2.62 bits per heavy atom. The molecule has 0 aliphatic rings. The molecule has 0 fully saturated rings. The highest BCUT2D eigenvalue weighted by molar-refractivity contribution is 5.94. The fourth-order valence-corrected chi connectivity index (χ4v) is 2.91. The summed E-state index contributed by atoms with van der Waals surface area (Å²) < 4.78 is 2.01. The first-order valence-corrected chi connectivity index (χ1v) is 8.45. The molecule has 2 aromatic heterocycles. The van der Waals surface area contributed by atoms with E-state index < -0.39 is 0 Å². The van der Waals surface area contributed by atoms with Crippen LogP contribution in [-0.2, 0) is 13.0 Å². The maximum Gasteiger partial charge on any atom is 0.257 e. The molecule has 0 aliphatic heterocycles. The third kappa shape index (κ3) is 3.63. The van der Waals surface area contributed by atoms with E-state index >= 15 is 0 Å². The SMILES string of the molecule is CCCc1ncncc1C(=O)N(C)Cc1c(C)nn(C(C)C)c1C. The van der Waals surface area contributed by atoms with Crippen molar-refractivity contribution in [1.29, 1.82) is 0 Å². The zero-order chi connectivity index (χ0) is 17.9. The van der Waals surface area contributed by atoms with Gasteiger partial charge in [0.2, 0.25) is 0 Å². The number of hydrogen-bond donors (Lipinski definition) is 0. The van der Waals surface area contributed by atoms with Crippen LogP contribution in [0.3, 0.4) is 0 Å². The molecule has 0 atom stereocenters. The van der Waals surface area contributed by atoms with Gasteiger partial charge in [-0.1, -0.05) is 13.3 Å². The van der Waals surface area contributed by atoms with Crippen molar-refractivity contribution in [3.63, 3.8) is 0 Å². The molecule has 0 unspecified atom stereocenters. The Balaban J connectivity index is 2.24. The van der Waals surface area contributed by atoms with Crippen LogP contribution in [0.1, 0.15) is 66.2 Å². The van der Waals surface area contributed by atoms with Crippen molar-refractivity contribution in [1.82, 2.24) is 24.6 Å². The van der Waals surface area contributed by atoms with Crippen molar-refractivity contribution >= 4 is 5.91 Å². The zero-order valence-electron chi connectivity index (χ0n) is 15.5. The summed E-state index contributed by atoms with van der Waals surface area (Å²) in [4.78, 5) is 22.8. The molecule has 0 bridgehead atoms. The van der Waals surface area contributed by atoms with Crippen molar-refractivity contribution in [3.8, 4) is 0 Å². The van der Waals surface area contributed by atoms with Crippen molar-refractivity contribution in [2.24, 2.45) is 0 Å². The molecule has 0 saturated heterocycles. The number of amides is 1. The third-order valence-corrected chi connectivity index (χ3v) is 4.22. The molecule has 2 rings (SSSR count). The van der Waals surface area contributed by atoms with E-state index in [0.29, 0.717) is 18.2 Å². The monoisotopic (exact) mass is 329 g/mol. The lowest BCUT2D eigenvalue weighted by Gasteiger charge is -2.19. The molecule has 0 aromatic carbocycles. The van der Waals surface area contributed by atoms with Gasteiger partial charge in [0, 0.05) is 37.1 Å². The Bertz CT molecular complexity index is 720. The van der Waals surface area contributed by atoms with E-state index in [-0.39, 0.29) is 5.91 Å². The molecular formula is C18H27N5O. The van der Waals surface area contributed by atoms with Crippen LogP contribution >= 0.6 is 0 Å². The second kappa shape index (κ2) is 7.55. The van der Waals surface area contributed by atoms with Gasteiger partial charge in [0.05, 0.1) is 17.0 Å². The minimum Gasteiger partial charge on any atom is -0.337 e. The van der Waals surface area contributed by atoms with E-state index in [0.717, 1.165) is 35.5 Å². The van der Waals surface area contributed by atoms with E-state index in [4.69, 9.17) is 0 Å². The summed E-state index contributed by atoms with van der Waals surface area (Å²) in [5.41, 5.74) is 4.59. The molecule has 130 valence electrons. The zero-order valence-corrected chi connectivity index (χ0v) is 15.5. The van der Waals surface area contributed by atoms with Gasteiger partial charge in [0.1, 0.15) is 6.33 Å². The average Bonchev–Trinajstić information content (AvgIpc) is 2.83. The number of carbonyl (C=O) groups excluding carboxylic acids is 1. The minimum absolute atomic E-state index is 0.0462. The second-order valence-electron chi connectivity index (χ2n) is 6.48. The highest BCUT2D eigenvalue weighted by atomic mass is 16.2. The van der Waals surface area contributed by atoms with Gasteiger partial charge in [0.15, 0.2) is 0 Å². The fourth-order valence-electron chi connectivity index (χ4n) is 2.91. The van der Waals surface area contributed by atoms with Crippen LogP contribution in [-0.4, -0.2) is 37.6 Å². The largest absolute Gasteiger partial charge is 0.337 e. The van der Waals surface area contributed by atoms with Crippen molar-refractivity contribution in [3.05, 3.63) is 40.7 Å². The smallest absolute Gasteiger partial charge is 0.257 e. The molecule has 0 aliphatic carbocycles. The lowest BCUT2D eigenvalue weighted by atomic mass is 10.1. The van der Waals surface area contributed by atoms with Crippen molar-refractivity contribution in [2.45, 2.75) is 60.0 Å². The maximum atomic E-state index is 12.8. The van der Waals surface area contributed by atoms with Gasteiger partial charge in [-0.2, -0.15) is 5.10 Å². The summed E-state index contributed by atoms with van der Waals surface area (Å²) >= 11 is 0. The summed E-state index contributed by atoms with van der Waals surface area (Å²) in [6.07, 6.45) is 4.85. The summed E-state index contributed by atoms with van der Waals surface area (Å²) in [5, 5.41) is 4.60. The first kappa shape index (κ1) is 18.1. The van der Waals surface area contributed by atoms with E-state index in [9.17, 15) is 4.79 Å². The van der Waals surface area contributed by atoms with E-state index in [1.54, 1.807) is 11.1 Å². The molecule has 6 heteroatoms. The predicted octanol–water partition coefficient (Wildman–Crippen LogP) is 3.10. The number of nitrogens with zero attached hydrogens (tertiary/aromatic N) is 5. The van der Waals surface area contributed by atoms with Crippen LogP contribution in [0.15, 0.2) is 12.5 Å². The summed E-state index contributed by atoms with van der Waals surface area (Å²) in [6, 6.07) is 0.303. The van der Waals surface area contributed by atoms with Crippen LogP contribution in [0.4, 0.5) is 0 Å². The second-order valence-corrected chi connectivity index (χ2v) is 6.48. The predicted molar refractivity (Wildman–Crippen MR) is 93.9 cm³/mol. The molecule has 2 heterocycles. The van der Waals surface area contributed by atoms with Crippen LogP contribution < -0.4 is 0 Å². The number of carbonyl (C=O) groups is 1. The Labute approximate surface area is 143 Å². The molecular weight excluding hydrogens is 302 g/mol. The first-order chi connectivity index (χ1) is 11.4. The number of aryl methyl sites for hydroxylation is 2. The van der Waals surface area contributed by atoms with Crippen molar-refractivity contribution < 1.29 is 4.79 Å². The van der Waals surface area contributed by atoms with Crippen LogP contribution in [0.25, 0.3) is 0 Å². The van der Waals surface area contributed by atoms with Gasteiger partial charge < -0.3 is 4.90 Å². The van der Waals surface area contributed by atoms with Gasteiger partial charge in [-0.05, 0) is 34.1 Å². The molecule has 24 heavy (non-hydrogen) atoms. The highest BCUT2D eigenvalue weighted by Crippen LogP contribution is 2.20. The summed E-state index contributed by atoms with van der Waals surface area (Å²) in [5.74, 6) is -0.0462. The molecule has 2 aromatic rings. The van der Waals surface area contributed by atoms with Gasteiger partial charge in [0.25, 0.3) is 5.91 Å². The van der Waals surface area contributed by atoms with Gasteiger partial charge in [-0.25, -0.2) is 9.97 Å². The lowest BCUT2D eigenvalue weighted by Crippen LogP contribution is -2.28. The Hall–Kier alpha value is -2.24. The van der Waals surface area contributed by atoms with Gasteiger partial charge in [-0.15, -0.1) is 0 Å². The molecule has 6 nitrogen and oxygen atoms in total. The van der Waals surface area contributed by atoms with Crippen LogP contribution in [0, 0.1) is 13.8 Å². The average molecular weight is 329 g/mol. The quantitative estimate of drug-likeness (QED) is 0.817. The minimum atomic E-state index is -0.0462. The molecule has 0 radical (unpaired) electrons. The Morgan fingerprint density at radius 1 is 1.33 bits per heavy atom. The van der Waals surface area contributed by atoms with E-state index in [1.807, 2.05) is 18.7 Å². The van der Waals surface area contributed by atoms with Crippen molar-refractivity contribution in [2.75, 3.05) is 7.05 Å². The fraction of sp³-hybridized carbons (Fsp3) is 0.556. The topological polar surface area (TPSA) is 63.9 Å². The maximum absolute atomic E-state index is 12.8. The molecule has 0 spiro atoms. The van der Waals surface area contributed by atoms with Crippen LogP contribution in [0.2, 0.25) is 0 Å². The normalized spacial score (nSPS) is 11.1. The molecule has 0 saturated carbocycles. The summed E-state index contributed by atoms with van der Waals surface area (Å²) in [6.45, 7) is 10.9. The number of hydrogen-bond acceptors (Lipinski definition) is 4. The summed E-state index contributed by atoms with van der Waals surface area (Å²) in [7, 11) is 1.82. The molecule has 1 amide bonds. The molecule has 0 N–H and O–H groups in total. The van der Waals surface area contributed by atoms with E-state index in [1.165, 1.54) is 6.33 Å². The van der Waals surface area contributed by atoms with Gasteiger partial charge >= 0.3 is 0 Å². The standard InChI is InChI=1S/C18H27N5O/c1-7-8-17-15(9-19-11-20-17)18(24)22(6)10-16-13(4)21-23(12(2)3)14(16)5/h9,11-12H,7-8,10H2,1-6H3.